The van der Waals surface area contributed by atoms with Gasteiger partial charge in [0.15, 0.2) is 5.60 Å². The zero-order valence-corrected chi connectivity index (χ0v) is 18.0. The van der Waals surface area contributed by atoms with Crippen LogP contribution in [-0.2, 0) is 17.9 Å². The summed E-state index contributed by atoms with van der Waals surface area (Å²) >= 11 is 0. The zero-order valence-electron chi connectivity index (χ0n) is 18.0. The Morgan fingerprint density at radius 2 is 1.94 bits per heavy atom. The van der Waals surface area contributed by atoms with E-state index in [1.807, 2.05) is 22.1 Å². The number of rotatable bonds is 8. The Morgan fingerprint density at radius 3 is 2.58 bits per heavy atom. The van der Waals surface area contributed by atoms with Crippen molar-refractivity contribution in [3.63, 3.8) is 0 Å². The fourth-order valence-corrected chi connectivity index (χ4v) is 3.94. The van der Waals surface area contributed by atoms with Crippen LogP contribution in [0.15, 0.2) is 18.2 Å². The largest absolute Gasteiger partial charge is 0.460 e. The van der Waals surface area contributed by atoms with E-state index in [0.717, 1.165) is 55.5 Å². The van der Waals surface area contributed by atoms with Gasteiger partial charge >= 0.3 is 6.18 Å². The number of carbonyl (C=O) groups is 1. The molecule has 4 rings (SSSR count). The van der Waals surface area contributed by atoms with Crippen LogP contribution in [-0.4, -0.2) is 52.0 Å². The molecule has 2 aliphatic rings. The Hall–Kier alpha value is -2.29. The maximum atomic E-state index is 12.5. The van der Waals surface area contributed by atoms with Crippen LogP contribution in [0.25, 0.3) is 10.9 Å². The molecule has 2 heterocycles. The molecule has 1 aliphatic heterocycles. The number of carbonyl (C=O) groups excluding carboxylic acids is 1. The van der Waals surface area contributed by atoms with E-state index in [0.29, 0.717) is 5.92 Å². The number of nitrogens with one attached hydrogen (secondary N) is 1. The topological polar surface area (TPSA) is 59.4 Å². The number of halogens is 3. The number of ether oxygens (including phenoxy) is 1. The van der Waals surface area contributed by atoms with Gasteiger partial charge in [-0.3, -0.25) is 14.4 Å². The minimum absolute atomic E-state index is 0.283. The zero-order chi connectivity index (χ0) is 22.2. The molecule has 1 saturated carbocycles. The summed E-state index contributed by atoms with van der Waals surface area (Å²) < 4.78 is 45.3. The molecule has 1 saturated heterocycles. The number of alkyl halides is 3. The predicted molar refractivity (Wildman–Crippen MR) is 111 cm³/mol. The molecule has 2 aromatic rings. The minimum atomic E-state index is -4.48. The molecule has 0 atom stereocenters. The highest BCUT2D eigenvalue weighted by Crippen LogP contribution is 2.35. The number of fused-ring (bicyclic) bond motifs is 1. The van der Waals surface area contributed by atoms with E-state index in [4.69, 9.17) is 4.74 Å². The second-order valence-electron chi connectivity index (χ2n) is 9.18. The van der Waals surface area contributed by atoms with Gasteiger partial charge < -0.3 is 10.1 Å². The molecule has 170 valence electrons. The molecule has 1 N–H and O–H groups in total. The van der Waals surface area contributed by atoms with Gasteiger partial charge in [-0.1, -0.05) is 6.07 Å². The average Bonchev–Trinajstić information content (AvgIpc) is 3.25. The maximum Gasteiger partial charge on any atom is 0.405 e. The van der Waals surface area contributed by atoms with Crippen LogP contribution in [0.4, 0.5) is 13.2 Å². The molecule has 0 spiro atoms. The van der Waals surface area contributed by atoms with Crippen LogP contribution in [0, 0.1) is 5.92 Å². The number of hydrogen-bond donors (Lipinski definition) is 1. The third-order valence-electron chi connectivity index (χ3n) is 5.86. The molecule has 2 fully saturated rings. The SMILES string of the molecule is CC(C)(Oc1nn(CC2CC2)c2ccc(CN3CCCC3)cc12)C(=O)NCC(F)(F)F. The van der Waals surface area contributed by atoms with Gasteiger partial charge in [0.05, 0.1) is 10.9 Å². The normalized spacial score (nSPS) is 18.0. The van der Waals surface area contributed by atoms with Gasteiger partial charge in [0.25, 0.3) is 5.91 Å². The average molecular weight is 438 g/mol. The Kier molecular flexibility index (Phi) is 5.89. The van der Waals surface area contributed by atoms with Crippen LogP contribution in [0.2, 0.25) is 0 Å². The van der Waals surface area contributed by atoms with E-state index in [9.17, 15) is 18.0 Å². The molecule has 9 heteroatoms. The minimum Gasteiger partial charge on any atom is -0.460 e. The molecule has 1 aliphatic carbocycles. The lowest BCUT2D eigenvalue weighted by atomic mass is 10.1. The number of nitrogens with zero attached hydrogens (tertiary/aromatic N) is 3. The van der Waals surface area contributed by atoms with Crippen molar-refractivity contribution < 1.29 is 22.7 Å². The van der Waals surface area contributed by atoms with E-state index in [2.05, 4.69) is 16.1 Å². The number of aromatic nitrogens is 2. The predicted octanol–water partition coefficient (Wildman–Crippen LogP) is 3.88. The molecule has 31 heavy (non-hydrogen) atoms. The molecule has 1 aromatic carbocycles. The van der Waals surface area contributed by atoms with Gasteiger partial charge in [-0.15, -0.1) is 5.10 Å². The second kappa shape index (κ2) is 8.33. The number of benzene rings is 1. The van der Waals surface area contributed by atoms with E-state index in [1.54, 1.807) is 0 Å². The monoisotopic (exact) mass is 438 g/mol. The van der Waals surface area contributed by atoms with Crippen molar-refractivity contribution in [3.8, 4) is 5.88 Å². The summed E-state index contributed by atoms with van der Waals surface area (Å²) in [6, 6.07) is 6.15. The van der Waals surface area contributed by atoms with Gasteiger partial charge in [0.1, 0.15) is 6.54 Å². The molecule has 0 radical (unpaired) electrons. The molecule has 0 unspecified atom stereocenters. The Morgan fingerprint density at radius 1 is 1.23 bits per heavy atom. The van der Waals surface area contributed by atoms with Crippen molar-refractivity contribution in [3.05, 3.63) is 23.8 Å². The van der Waals surface area contributed by atoms with Crippen molar-refractivity contribution in [1.29, 1.82) is 0 Å². The first kappa shape index (κ1) is 21.9. The smallest absolute Gasteiger partial charge is 0.405 e. The first-order valence-electron chi connectivity index (χ1n) is 10.9. The molecule has 6 nitrogen and oxygen atoms in total. The van der Waals surface area contributed by atoms with Crippen LogP contribution < -0.4 is 10.1 Å². The Bertz CT molecular complexity index is 944. The van der Waals surface area contributed by atoms with Crippen LogP contribution in [0.5, 0.6) is 5.88 Å². The van der Waals surface area contributed by atoms with E-state index >= 15 is 0 Å². The van der Waals surface area contributed by atoms with Gasteiger partial charge in [0, 0.05) is 13.1 Å². The first-order valence-corrected chi connectivity index (χ1v) is 10.9. The number of likely N-dealkylation sites (tertiary alicyclic amines) is 1. The molecular formula is C22H29F3N4O2. The van der Waals surface area contributed by atoms with E-state index in [-0.39, 0.29) is 5.88 Å². The maximum absolute atomic E-state index is 12.5. The van der Waals surface area contributed by atoms with Crippen LogP contribution in [0.1, 0.15) is 45.1 Å². The summed E-state index contributed by atoms with van der Waals surface area (Å²) in [5.74, 6) is 0.0392. The van der Waals surface area contributed by atoms with Crippen molar-refractivity contribution in [2.45, 2.75) is 64.4 Å². The Labute approximate surface area is 179 Å². The first-order chi connectivity index (χ1) is 14.6. The molecule has 1 aromatic heterocycles. The lowest BCUT2D eigenvalue weighted by Crippen LogP contribution is -2.49. The van der Waals surface area contributed by atoms with Gasteiger partial charge in [-0.2, -0.15) is 13.2 Å². The van der Waals surface area contributed by atoms with Crippen molar-refractivity contribution >= 4 is 16.8 Å². The molecular weight excluding hydrogens is 409 g/mol. The summed E-state index contributed by atoms with van der Waals surface area (Å²) in [4.78, 5) is 14.8. The lowest BCUT2D eigenvalue weighted by Gasteiger charge is -2.24. The summed E-state index contributed by atoms with van der Waals surface area (Å²) in [5.41, 5.74) is 0.546. The van der Waals surface area contributed by atoms with Gasteiger partial charge in [-0.25, -0.2) is 0 Å². The van der Waals surface area contributed by atoms with Gasteiger partial charge in [-0.05, 0) is 76.2 Å². The quantitative estimate of drug-likeness (QED) is 0.680. The van der Waals surface area contributed by atoms with E-state index in [1.165, 1.54) is 26.7 Å². The summed E-state index contributed by atoms with van der Waals surface area (Å²) in [6.45, 7) is 5.28. The van der Waals surface area contributed by atoms with Crippen LogP contribution >= 0.6 is 0 Å². The standard InChI is InChI=1S/C22H29F3N4O2/c1-21(2,20(30)26-14-22(23,24)25)31-19-17-11-16(12-28-9-3-4-10-28)7-8-18(17)29(27-19)13-15-5-6-15/h7-8,11,15H,3-6,9-10,12-14H2,1-2H3,(H,26,30). The summed E-state index contributed by atoms with van der Waals surface area (Å²) in [7, 11) is 0. The van der Waals surface area contributed by atoms with Crippen molar-refractivity contribution in [2.24, 2.45) is 5.92 Å². The highest BCUT2D eigenvalue weighted by molar-refractivity contribution is 5.88. The second-order valence-corrected chi connectivity index (χ2v) is 9.18. The van der Waals surface area contributed by atoms with Crippen molar-refractivity contribution in [1.82, 2.24) is 20.0 Å². The fourth-order valence-electron chi connectivity index (χ4n) is 3.94. The van der Waals surface area contributed by atoms with Crippen LogP contribution in [0.3, 0.4) is 0 Å². The van der Waals surface area contributed by atoms with Crippen molar-refractivity contribution in [2.75, 3.05) is 19.6 Å². The highest BCUT2D eigenvalue weighted by atomic mass is 19.4. The van der Waals surface area contributed by atoms with Gasteiger partial charge in [0.2, 0.25) is 5.88 Å². The number of hydrogen-bond acceptors (Lipinski definition) is 4. The van der Waals surface area contributed by atoms with E-state index < -0.39 is 24.2 Å². The third kappa shape index (κ3) is 5.50. The highest BCUT2D eigenvalue weighted by Gasteiger charge is 2.36. The molecule has 0 bridgehead atoms. The summed E-state index contributed by atoms with van der Waals surface area (Å²) in [5, 5.41) is 7.29. The summed E-state index contributed by atoms with van der Waals surface area (Å²) in [6.07, 6.45) is 0.259. The number of amides is 1. The lowest BCUT2D eigenvalue weighted by molar-refractivity contribution is -0.146. The Balaban J connectivity index is 1.58. The fraction of sp³-hybridized carbons (Fsp3) is 0.636. The molecule has 1 amide bonds. The third-order valence-corrected chi connectivity index (χ3v) is 5.86.